The molecule has 0 spiro atoms. The minimum Gasteiger partial charge on any atom is -0.370 e. The fraction of sp³-hybridized carbons (Fsp3) is 0.615. The van der Waals surface area contributed by atoms with Crippen molar-refractivity contribution in [1.82, 2.24) is 4.98 Å². The van der Waals surface area contributed by atoms with Gasteiger partial charge in [-0.3, -0.25) is 0 Å². The number of alkyl halides is 3. The number of anilines is 2. The van der Waals surface area contributed by atoms with E-state index < -0.39 is 11.7 Å². The van der Waals surface area contributed by atoms with Crippen LogP contribution in [0.1, 0.15) is 37.7 Å². The van der Waals surface area contributed by atoms with Gasteiger partial charge in [0, 0.05) is 6.54 Å². The Kier molecular flexibility index (Phi) is 4.69. The third-order valence-electron chi connectivity index (χ3n) is 3.63. The average Bonchev–Trinajstić information content (AvgIpc) is 2.90. The number of pyridine rings is 1. The molecular formula is C13H19F3N4. The van der Waals surface area contributed by atoms with E-state index in [0.29, 0.717) is 12.5 Å². The maximum Gasteiger partial charge on any atom is 0.416 e. The standard InChI is InChI=1S/C13H19F3N4/c14-13(15,16)10-7-11(19-12(8-10)20-17)18-6-5-9-3-1-2-4-9/h7-9H,1-6,17H2,(H2,18,19,20). The Bertz CT molecular complexity index is 442. The molecule has 1 aliphatic rings. The molecule has 0 aliphatic heterocycles. The van der Waals surface area contributed by atoms with E-state index in [-0.39, 0.29) is 11.6 Å². The van der Waals surface area contributed by atoms with E-state index in [1.807, 2.05) is 0 Å². The zero-order chi connectivity index (χ0) is 14.6. The third kappa shape index (κ3) is 4.00. The summed E-state index contributed by atoms with van der Waals surface area (Å²) >= 11 is 0. The number of aromatic nitrogens is 1. The predicted molar refractivity (Wildman–Crippen MR) is 72.1 cm³/mol. The molecule has 1 aliphatic carbocycles. The van der Waals surface area contributed by atoms with Crippen LogP contribution in [0.2, 0.25) is 0 Å². The summed E-state index contributed by atoms with van der Waals surface area (Å²) in [6.45, 7) is 0.628. The number of nitrogens with zero attached hydrogens (tertiary/aromatic N) is 1. The topological polar surface area (TPSA) is 63.0 Å². The van der Waals surface area contributed by atoms with Crippen molar-refractivity contribution in [3.63, 3.8) is 0 Å². The average molecular weight is 288 g/mol. The van der Waals surface area contributed by atoms with Crippen molar-refractivity contribution in [2.75, 3.05) is 17.3 Å². The van der Waals surface area contributed by atoms with Gasteiger partial charge in [-0.2, -0.15) is 13.2 Å². The number of nitrogens with two attached hydrogens (primary N) is 1. The summed E-state index contributed by atoms with van der Waals surface area (Å²) in [5.74, 6) is 6.04. The lowest BCUT2D eigenvalue weighted by atomic mass is 10.0. The van der Waals surface area contributed by atoms with E-state index in [4.69, 9.17) is 5.84 Å². The van der Waals surface area contributed by atoms with Gasteiger partial charge in [0.1, 0.15) is 11.6 Å². The summed E-state index contributed by atoms with van der Waals surface area (Å²) in [4.78, 5) is 3.98. The fourth-order valence-corrected chi connectivity index (χ4v) is 2.56. The number of halogens is 3. The van der Waals surface area contributed by atoms with E-state index in [0.717, 1.165) is 18.6 Å². The van der Waals surface area contributed by atoms with Crippen molar-refractivity contribution in [3.05, 3.63) is 17.7 Å². The van der Waals surface area contributed by atoms with E-state index in [2.05, 4.69) is 15.7 Å². The Morgan fingerprint density at radius 2 is 1.85 bits per heavy atom. The Morgan fingerprint density at radius 3 is 2.45 bits per heavy atom. The molecule has 7 heteroatoms. The van der Waals surface area contributed by atoms with Crippen molar-refractivity contribution in [2.45, 2.75) is 38.3 Å². The molecule has 20 heavy (non-hydrogen) atoms. The highest BCUT2D eigenvalue weighted by molar-refractivity contribution is 5.49. The van der Waals surface area contributed by atoms with Crippen molar-refractivity contribution in [3.8, 4) is 0 Å². The quantitative estimate of drug-likeness (QED) is 0.574. The molecule has 1 saturated carbocycles. The maximum absolute atomic E-state index is 12.7. The molecule has 2 rings (SSSR count). The molecule has 112 valence electrons. The van der Waals surface area contributed by atoms with Crippen LogP contribution in [0.25, 0.3) is 0 Å². The first-order chi connectivity index (χ1) is 9.49. The molecule has 0 saturated heterocycles. The highest BCUT2D eigenvalue weighted by Crippen LogP contribution is 2.32. The molecule has 0 unspecified atom stereocenters. The Morgan fingerprint density at radius 1 is 1.20 bits per heavy atom. The van der Waals surface area contributed by atoms with Crippen LogP contribution in [0.3, 0.4) is 0 Å². The third-order valence-corrected chi connectivity index (χ3v) is 3.63. The zero-order valence-corrected chi connectivity index (χ0v) is 11.1. The number of hydrazine groups is 1. The molecule has 0 atom stereocenters. The normalized spacial score (nSPS) is 16.4. The number of rotatable bonds is 5. The number of hydrogen-bond donors (Lipinski definition) is 3. The van der Waals surface area contributed by atoms with Crippen LogP contribution < -0.4 is 16.6 Å². The Labute approximate surface area is 115 Å². The van der Waals surface area contributed by atoms with Gasteiger partial charge in [0.25, 0.3) is 0 Å². The molecule has 0 aromatic carbocycles. The monoisotopic (exact) mass is 288 g/mol. The van der Waals surface area contributed by atoms with Crippen LogP contribution >= 0.6 is 0 Å². The lowest BCUT2D eigenvalue weighted by Gasteiger charge is -2.13. The van der Waals surface area contributed by atoms with E-state index in [9.17, 15) is 13.2 Å². The first kappa shape index (κ1) is 14.9. The second-order valence-corrected chi connectivity index (χ2v) is 5.13. The van der Waals surface area contributed by atoms with E-state index in [1.165, 1.54) is 25.7 Å². The van der Waals surface area contributed by atoms with Gasteiger partial charge < -0.3 is 10.7 Å². The van der Waals surface area contributed by atoms with Crippen LogP contribution in [0.15, 0.2) is 12.1 Å². The smallest absolute Gasteiger partial charge is 0.370 e. The van der Waals surface area contributed by atoms with Crippen molar-refractivity contribution in [1.29, 1.82) is 0 Å². The maximum atomic E-state index is 12.7. The van der Waals surface area contributed by atoms with Gasteiger partial charge in [-0.15, -0.1) is 0 Å². The van der Waals surface area contributed by atoms with Crippen molar-refractivity contribution < 1.29 is 13.2 Å². The van der Waals surface area contributed by atoms with Crippen LogP contribution in [-0.4, -0.2) is 11.5 Å². The van der Waals surface area contributed by atoms with E-state index in [1.54, 1.807) is 0 Å². The molecule has 0 bridgehead atoms. The van der Waals surface area contributed by atoms with Gasteiger partial charge in [0.15, 0.2) is 0 Å². The lowest BCUT2D eigenvalue weighted by Crippen LogP contribution is -2.14. The van der Waals surface area contributed by atoms with Crippen LogP contribution in [0.4, 0.5) is 24.8 Å². The SMILES string of the molecule is NNc1cc(C(F)(F)F)cc(NCCC2CCCC2)n1. The minimum atomic E-state index is -4.41. The van der Waals surface area contributed by atoms with Crippen molar-refractivity contribution >= 4 is 11.6 Å². The minimum absolute atomic E-state index is 0.00295. The second kappa shape index (κ2) is 6.30. The second-order valence-electron chi connectivity index (χ2n) is 5.13. The number of hydrogen-bond acceptors (Lipinski definition) is 4. The number of nitrogens with one attached hydrogen (secondary N) is 2. The fourth-order valence-electron chi connectivity index (χ4n) is 2.56. The summed E-state index contributed by atoms with van der Waals surface area (Å²) < 4.78 is 38.2. The Balaban J connectivity index is 1.98. The van der Waals surface area contributed by atoms with E-state index >= 15 is 0 Å². The van der Waals surface area contributed by atoms with Crippen molar-refractivity contribution in [2.24, 2.45) is 11.8 Å². The van der Waals surface area contributed by atoms with Gasteiger partial charge in [-0.1, -0.05) is 25.7 Å². The summed E-state index contributed by atoms with van der Waals surface area (Å²) in [5, 5.41) is 2.95. The van der Waals surface area contributed by atoms with Gasteiger partial charge in [-0.25, -0.2) is 10.8 Å². The first-order valence-corrected chi connectivity index (χ1v) is 6.79. The summed E-state index contributed by atoms with van der Waals surface area (Å²) in [6, 6.07) is 1.90. The Hall–Kier alpha value is -1.50. The largest absolute Gasteiger partial charge is 0.416 e. The molecule has 1 aromatic rings. The van der Waals surface area contributed by atoms with Crippen LogP contribution in [0, 0.1) is 5.92 Å². The molecule has 4 nitrogen and oxygen atoms in total. The molecule has 0 radical (unpaired) electrons. The van der Waals surface area contributed by atoms with Gasteiger partial charge >= 0.3 is 6.18 Å². The molecule has 4 N–H and O–H groups in total. The molecule has 1 aromatic heterocycles. The van der Waals surface area contributed by atoms with Crippen LogP contribution in [-0.2, 0) is 6.18 Å². The van der Waals surface area contributed by atoms with Gasteiger partial charge in [-0.05, 0) is 24.5 Å². The highest BCUT2D eigenvalue weighted by Gasteiger charge is 2.31. The predicted octanol–water partition coefficient (Wildman–Crippen LogP) is 3.38. The summed E-state index contributed by atoms with van der Waals surface area (Å²) in [6.07, 6.45) is 1.50. The summed E-state index contributed by atoms with van der Waals surface area (Å²) in [5.41, 5.74) is 1.40. The first-order valence-electron chi connectivity index (χ1n) is 6.79. The molecule has 0 amide bonds. The number of nitrogen functional groups attached to an aromatic ring is 1. The van der Waals surface area contributed by atoms with Gasteiger partial charge in [0.2, 0.25) is 0 Å². The lowest BCUT2D eigenvalue weighted by molar-refractivity contribution is -0.137. The summed E-state index contributed by atoms with van der Waals surface area (Å²) in [7, 11) is 0. The molecular weight excluding hydrogens is 269 g/mol. The molecule has 1 heterocycles. The zero-order valence-electron chi connectivity index (χ0n) is 11.1. The van der Waals surface area contributed by atoms with Crippen LogP contribution in [0.5, 0.6) is 0 Å². The highest BCUT2D eigenvalue weighted by atomic mass is 19.4. The molecule has 1 fully saturated rings. The van der Waals surface area contributed by atoms with Gasteiger partial charge in [0.05, 0.1) is 5.56 Å².